The van der Waals surface area contributed by atoms with Crippen LogP contribution >= 0.6 is 43.2 Å². The van der Waals surface area contributed by atoms with Gasteiger partial charge in [-0.1, -0.05) is 0 Å². The van der Waals surface area contributed by atoms with Crippen molar-refractivity contribution >= 4 is 49.1 Å². The zero-order chi connectivity index (χ0) is 13.9. The number of carbonyl (C=O) groups is 1. The molecule has 0 saturated heterocycles. The van der Waals surface area contributed by atoms with Crippen molar-refractivity contribution in [2.45, 2.75) is 12.5 Å². The molecule has 0 bridgehead atoms. The number of carbonyl (C=O) groups excluding carboxylic acids is 1. The third-order valence-electron chi connectivity index (χ3n) is 2.16. The molecule has 2 N–H and O–H groups in total. The standard InChI is InChI=1S/C11H16Br2N2O2S/c1-11(17,6-15(2)3)5-14-10(16)8-4-7(12)9(13)18-8/h4,17H,5-6H2,1-3H3,(H,14,16). The molecule has 1 aromatic heterocycles. The van der Waals surface area contributed by atoms with Crippen LogP contribution in [0.25, 0.3) is 0 Å². The van der Waals surface area contributed by atoms with Crippen LogP contribution in [0.3, 0.4) is 0 Å². The first-order valence-electron chi connectivity index (χ1n) is 5.31. The largest absolute Gasteiger partial charge is 0.387 e. The molecule has 1 atom stereocenters. The van der Waals surface area contributed by atoms with E-state index in [-0.39, 0.29) is 12.5 Å². The van der Waals surface area contributed by atoms with Crippen molar-refractivity contribution in [1.82, 2.24) is 10.2 Å². The molecule has 18 heavy (non-hydrogen) atoms. The van der Waals surface area contributed by atoms with E-state index < -0.39 is 5.60 Å². The van der Waals surface area contributed by atoms with E-state index in [1.54, 1.807) is 13.0 Å². The Balaban J connectivity index is 2.56. The van der Waals surface area contributed by atoms with E-state index >= 15 is 0 Å². The fourth-order valence-corrected chi connectivity index (χ4v) is 3.51. The molecule has 0 spiro atoms. The molecule has 0 aliphatic rings. The number of nitrogens with zero attached hydrogens (tertiary/aromatic N) is 1. The summed E-state index contributed by atoms with van der Waals surface area (Å²) in [5.74, 6) is -0.176. The molecule has 0 aromatic carbocycles. The van der Waals surface area contributed by atoms with Gasteiger partial charge in [-0.15, -0.1) is 11.3 Å². The minimum Gasteiger partial charge on any atom is -0.387 e. The fourth-order valence-electron chi connectivity index (χ4n) is 1.55. The van der Waals surface area contributed by atoms with Gasteiger partial charge in [-0.05, 0) is 58.9 Å². The number of rotatable bonds is 5. The summed E-state index contributed by atoms with van der Waals surface area (Å²) in [5, 5.41) is 12.8. The van der Waals surface area contributed by atoms with E-state index in [0.717, 1.165) is 8.26 Å². The third kappa shape index (κ3) is 4.97. The van der Waals surface area contributed by atoms with E-state index in [1.165, 1.54) is 11.3 Å². The highest BCUT2D eigenvalue weighted by molar-refractivity contribution is 9.13. The third-order valence-corrected chi connectivity index (χ3v) is 5.41. The first-order valence-corrected chi connectivity index (χ1v) is 7.72. The Bertz CT molecular complexity index is 413. The maximum Gasteiger partial charge on any atom is 0.261 e. The predicted octanol–water partition coefficient (Wildman–Crippen LogP) is 2.32. The Hall–Kier alpha value is 0.0500. The molecule has 1 rings (SSSR count). The molecule has 0 saturated carbocycles. The lowest BCUT2D eigenvalue weighted by Crippen LogP contribution is -2.47. The normalized spacial score (nSPS) is 14.6. The van der Waals surface area contributed by atoms with E-state index in [0.29, 0.717) is 11.4 Å². The number of hydrogen-bond acceptors (Lipinski definition) is 4. The van der Waals surface area contributed by atoms with E-state index in [1.807, 2.05) is 19.0 Å². The molecule has 7 heteroatoms. The topological polar surface area (TPSA) is 52.6 Å². The summed E-state index contributed by atoms with van der Waals surface area (Å²) in [4.78, 5) is 14.4. The molecule has 0 aliphatic carbocycles. The fraction of sp³-hybridized carbons (Fsp3) is 0.545. The summed E-state index contributed by atoms with van der Waals surface area (Å²) in [6, 6.07) is 1.75. The summed E-state index contributed by atoms with van der Waals surface area (Å²) in [7, 11) is 3.76. The second-order valence-corrected chi connectivity index (χ2v) is 7.87. The molecule has 1 heterocycles. The van der Waals surface area contributed by atoms with Crippen molar-refractivity contribution in [3.63, 3.8) is 0 Å². The van der Waals surface area contributed by atoms with Gasteiger partial charge in [0.2, 0.25) is 0 Å². The van der Waals surface area contributed by atoms with Crippen LogP contribution in [0.4, 0.5) is 0 Å². The molecule has 0 fully saturated rings. The number of likely N-dealkylation sites (N-methyl/N-ethyl adjacent to an activating group) is 1. The van der Waals surface area contributed by atoms with Gasteiger partial charge in [-0.2, -0.15) is 0 Å². The van der Waals surface area contributed by atoms with Crippen molar-refractivity contribution in [2.24, 2.45) is 0 Å². The highest BCUT2D eigenvalue weighted by Gasteiger charge is 2.23. The van der Waals surface area contributed by atoms with E-state index in [4.69, 9.17) is 0 Å². The maximum atomic E-state index is 11.9. The van der Waals surface area contributed by atoms with Crippen LogP contribution in [0.2, 0.25) is 0 Å². The minimum absolute atomic E-state index is 0.176. The molecule has 1 unspecified atom stereocenters. The van der Waals surface area contributed by atoms with Gasteiger partial charge < -0.3 is 15.3 Å². The minimum atomic E-state index is -0.940. The van der Waals surface area contributed by atoms with Gasteiger partial charge in [0.1, 0.15) is 0 Å². The Labute approximate surface area is 128 Å². The quantitative estimate of drug-likeness (QED) is 0.798. The Kier molecular flexibility index (Phi) is 5.79. The van der Waals surface area contributed by atoms with Crippen LogP contribution in [0, 0.1) is 0 Å². The van der Waals surface area contributed by atoms with Crippen molar-refractivity contribution in [1.29, 1.82) is 0 Å². The zero-order valence-electron chi connectivity index (χ0n) is 10.5. The smallest absolute Gasteiger partial charge is 0.261 e. The second kappa shape index (κ2) is 6.47. The highest BCUT2D eigenvalue weighted by atomic mass is 79.9. The molecular formula is C11H16Br2N2O2S. The van der Waals surface area contributed by atoms with Crippen molar-refractivity contribution in [3.8, 4) is 0 Å². The molecular weight excluding hydrogens is 384 g/mol. The summed E-state index contributed by atoms with van der Waals surface area (Å²) in [5.41, 5.74) is -0.940. The van der Waals surface area contributed by atoms with Crippen molar-refractivity contribution in [3.05, 3.63) is 19.2 Å². The van der Waals surface area contributed by atoms with Crippen LogP contribution in [-0.2, 0) is 0 Å². The number of amides is 1. The average molecular weight is 400 g/mol. The predicted molar refractivity (Wildman–Crippen MR) is 81.2 cm³/mol. The summed E-state index contributed by atoms with van der Waals surface area (Å²) in [6.45, 7) is 2.41. The average Bonchev–Trinajstić information content (AvgIpc) is 2.54. The Morgan fingerprint density at radius 3 is 2.61 bits per heavy atom. The van der Waals surface area contributed by atoms with Gasteiger partial charge >= 0.3 is 0 Å². The number of aliphatic hydroxyl groups is 1. The van der Waals surface area contributed by atoms with Crippen LogP contribution in [0.1, 0.15) is 16.6 Å². The van der Waals surface area contributed by atoms with Gasteiger partial charge in [0, 0.05) is 17.6 Å². The Morgan fingerprint density at radius 1 is 1.56 bits per heavy atom. The van der Waals surface area contributed by atoms with Crippen LogP contribution in [0.5, 0.6) is 0 Å². The summed E-state index contributed by atoms with van der Waals surface area (Å²) in [6.07, 6.45) is 0. The van der Waals surface area contributed by atoms with Gasteiger partial charge in [0.05, 0.1) is 14.3 Å². The Morgan fingerprint density at radius 2 is 2.17 bits per heavy atom. The van der Waals surface area contributed by atoms with Gasteiger partial charge in [0.25, 0.3) is 5.91 Å². The van der Waals surface area contributed by atoms with Crippen LogP contribution < -0.4 is 5.32 Å². The van der Waals surface area contributed by atoms with Crippen LogP contribution in [-0.4, -0.2) is 48.7 Å². The van der Waals surface area contributed by atoms with Gasteiger partial charge in [-0.25, -0.2) is 0 Å². The molecule has 0 radical (unpaired) electrons. The van der Waals surface area contributed by atoms with Gasteiger partial charge in [0.15, 0.2) is 0 Å². The maximum absolute atomic E-state index is 11.9. The first kappa shape index (κ1) is 16.1. The lowest BCUT2D eigenvalue weighted by Gasteiger charge is -2.26. The van der Waals surface area contributed by atoms with Crippen molar-refractivity contribution < 1.29 is 9.90 Å². The lowest BCUT2D eigenvalue weighted by molar-refractivity contribution is 0.0326. The molecule has 4 nitrogen and oxygen atoms in total. The SMILES string of the molecule is CN(C)CC(C)(O)CNC(=O)c1cc(Br)c(Br)s1. The van der Waals surface area contributed by atoms with Crippen LogP contribution in [0.15, 0.2) is 14.3 Å². The number of hydrogen-bond donors (Lipinski definition) is 2. The van der Waals surface area contributed by atoms with E-state index in [9.17, 15) is 9.90 Å². The first-order chi connectivity index (χ1) is 8.21. The number of thiophene rings is 1. The number of halogens is 2. The highest BCUT2D eigenvalue weighted by Crippen LogP contribution is 2.32. The molecule has 102 valence electrons. The molecule has 1 amide bonds. The molecule has 1 aromatic rings. The number of nitrogens with one attached hydrogen (secondary N) is 1. The zero-order valence-corrected chi connectivity index (χ0v) is 14.4. The van der Waals surface area contributed by atoms with Crippen molar-refractivity contribution in [2.75, 3.05) is 27.2 Å². The van der Waals surface area contributed by atoms with Gasteiger partial charge in [-0.3, -0.25) is 4.79 Å². The second-order valence-electron chi connectivity index (χ2n) is 4.65. The monoisotopic (exact) mass is 398 g/mol. The van der Waals surface area contributed by atoms with E-state index in [2.05, 4.69) is 37.2 Å². The molecule has 0 aliphatic heterocycles. The summed E-state index contributed by atoms with van der Waals surface area (Å²) < 4.78 is 1.74. The lowest BCUT2D eigenvalue weighted by atomic mass is 10.1. The summed E-state index contributed by atoms with van der Waals surface area (Å²) >= 11 is 8.03.